The Hall–Kier alpha value is -0.830. The summed E-state index contributed by atoms with van der Waals surface area (Å²) in [5, 5.41) is 5.81. The lowest BCUT2D eigenvalue weighted by atomic mass is 10.1. The smallest absolute Gasteiger partial charge is 0.243 e. The van der Waals surface area contributed by atoms with E-state index in [-0.39, 0.29) is 5.91 Å². The molecule has 0 aromatic rings. The predicted octanol–water partition coefficient (Wildman–Crippen LogP) is 0.0422. The highest BCUT2D eigenvalue weighted by molar-refractivity contribution is 5.87. The molecule has 1 aliphatic heterocycles. The molecular formula is C8H14N2O. The highest BCUT2D eigenvalue weighted by Gasteiger charge is 2.05. The highest BCUT2D eigenvalue weighted by Crippen LogP contribution is 2.08. The Morgan fingerprint density at radius 3 is 2.73 bits per heavy atom. The predicted molar refractivity (Wildman–Crippen MR) is 44.3 cm³/mol. The first-order chi connectivity index (χ1) is 5.33. The van der Waals surface area contributed by atoms with E-state index in [0.717, 1.165) is 25.9 Å². The minimum absolute atomic E-state index is 0.0156. The normalized spacial score (nSPS) is 17.7. The van der Waals surface area contributed by atoms with Crippen LogP contribution in [0, 0.1) is 0 Å². The zero-order valence-corrected chi connectivity index (χ0v) is 6.81. The third-order valence-corrected chi connectivity index (χ3v) is 1.83. The Morgan fingerprint density at radius 2 is 2.18 bits per heavy atom. The maximum Gasteiger partial charge on any atom is 0.243 e. The molecule has 2 N–H and O–H groups in total. The first-order valence-corrected chi connectivity index (χ1v) is 3.95. The molecule has 0 radical (unpaired) electrons. The van der Waals surface area contributed by atoms with Crippen LogP contribution in [-0.2, 0) is 4.79 Å². The molecule has 1 amide bonds. The zero-order chi connectivity index (χ0) is 8.10. The quantitative estimate of drug-likeness (QED) is 0.524. The number of nitrogens with one attached hydrogen (secondary N) is 2. The van der Waals surface area contributed by atoms with Crippen LogP contribution >= 0.6 is 0 Å². The number of hydrogen-bond acceptors (Lipinski definition) is 2. The van der Waals surface area contributed by atoms with E-state index in [1.165, 1.54) is 5.57 Å². The molecule has 1 saturated heterocycles. The number of carbonyl (C=O) groups excluding carboxylic acids is 1. The summed E-state index contributed by atoms with van der Waals surface area (Å²) < 4.78 is 0. The van der Waals surface area contributed by atoms with E-state index in [0.29, 0.717) is 0 Å². The summed E-state index contributed by atoms with van der Waals surface area (Å²) in [7, 11) is 1.65. The maximum atomic E-state index is 10.9. The molecule has 0 atom stereocenters. The van der Waals surface area contributed by atoms with Crippen molar-refractivity contribution in [3.8, 4) is 0 Å². The molecule has 0 spiro atoms. The molecule has 62 valence electrons. The summed E-state index contributed by atoms with van der Waals surface area (Å²) in [4.78, 5) is 10.9. The zero-order valence-electron chi connectivity index (χ0n) is 6.81. The molecule has 0 unspecified atom stereocenters. The topological polar surface area (TPSA) is 41.1 Å². The lowest BCUT2D eigenvalue weighted by Crippen LogP contribution is -2.24. The van der Waals surface area contributed by atoms with E-state index in [1.807, 2.05) is 0 Å². The monoisotopic (exact) mass is 154 g/mol. The summed E-state index contributed by atoms with van der Waals surface area (Å²) in [6, 6.07) is 0. The Morgan fingerprint density at radius 1 is 1.55 bits per heavy atom. The molecule has 0 aliphatic carbocycles. The van der Waals surface area contributed by atoms with E-state index in [9.17, 15) is 4.79 Å². The van der Waals surface area contributed by atoms with Crippen LogP contribution in [-0.4, -0.2) is 26.0 Å². The van der Waals surface area contributed by atoms with Crippen molar-refractivity contribution in [1.82, 2.24) is 10.6 Å². The van der Waals surface area contributed by atoms with Gasteiger partial charge in [-0.1, -0.05) is 5.57 Å². The number of piperidine rings is 1. The minimum atomic E-state index is 0.0156. The van der Waals surface area contributed by atoms with Crippen LogP contribution in [0.4, 0.5) is 0 Å². The van der Waals surface area contributed by atoms with E-state index in [1.54, 1.807) is 13.1 Å². The number of carbonyl (C=O) groups is 1. The lowest BCUT2D eigenvalue weighted by Gasteiger charge is -2.14. The van der Waals surface area contributed by atoms with Gasteiger partial charge in [-0.3, -0.25) is 4.79 Å². The van der Waals surface area contributed by atoms with Gasteiger partial charge in [0.05, 0.1) is 0 Å². The third-order valence-electron chi connectivity index (χ3n) is 1.83. The average Bonchev–Trinajstić information content (AvgIpc) is 2.06. The standard InChI is InChI=1S/C8H14N2O/c1-9-8(11)6-7-2-4-10-5-3-7/h6,10H,2-5H2,1H3,(H,9,11). The first kappa shape index (κ1) is 8.27. The summed E-state index contributed by atoms with van der Waals surface area (Å²) in [6.07, 6.45) is 3.72. The van der Waals surface area contributed by atoms with Crippen molar-refractivity contribution in [3.63, 3.8) is 0 Å². The Bertz CT molecular complexity index is 167. The molecule has 3 nitrogen and oxygen atoms in total. The van der Waals surface area contributed by atoms with Gasteiger partial charge in [-0.2, -0.15) is 0 Å². The molecule has 1 rings (SSSR count). The van der Waals surface area contributed by atoms with Crippen molar-refractivity contribution in [2.24, 2.45) is 0 Å². The molecule has 0 aromatic heterocycles. The second kappa shape index (κ2) is 4.13. The van der Waals surface area contributed by atoms with E-state index in [2.05, 4.69) is 10.6 Å². The van der Waals surface area contributed by atoms with E-state index < -0.39 is 0 Å². The van der Waals surface area contributed by atoms with Crippen molar-refractivity contribution >= 4 is 5.91 Å². The summed E-state index contributed by atoms with van der Waals surface area (Å²) >= 11 is 0. The molecule has 0 bridgehead atoms. The Kier molecular flexibility index (Phi) is 3.11. The van der Waals surface area contributed by atoms with Crippen LogP contribution in [0.25, 0.3) is 0 Å². The summed E-state index contributed by atoms with van der Waals surface area (Å²) in [5.74, 6) is 0.0156. The Labute approximate surface area is 66.9 Å². The second-order valence-corrected chi connectivity index (χ2v) is 2.67. The van der Waals surface area contributed by atoms with Crippen LogP contribution in [0.15, 0.2) is 11.6 Å². The Balaban J connectivity index is 2.43. The second-order valence-electron chi connectivity index (χ2n) is 2.67. The SMILES string of the molecule is CNC(=O)C=C1CCNCC1. The van der Waals surface area contributed by atoms with Crippen molar-refractivity contribution in [3.05, 3.63) is 11.6 Å². The van der Waals surface area contributed by atoms with Gasteiger partial charge in [-0.05, 0) is 25.9 Å². The van der Waals surface area contributed by atoms with Crippen molar-refractivity contribution in [2.45, 2.75) is 12.8 Å². The van der Waals surface area contributed by atoms with E-state index in [4.69, 9.17) is 0 Å². The van der Waals surface area contributed by atoms with Gasteiger partial charge in [0.1, 0.15) is 0 Å². The molecule has 3 heteroatoms. The van der Waals surface area contributed by atoms with Gasteiger partial charge >= 0.3 is 0 Å². The molecule has 1 fully saturated rings. The third kappa shape index (κ3) is 2.72. The minimum Gasteiger partial charge on any atom is -0.356 e. The van der Waals surface area contributed by atoms with Gasteiger partial charge < -0.3 is 10.6 Å². The number of likely N-dealkylation sites (N-methyl/N-ethyl adjacent to an activating group) is 1. The van der Waals surface area contributed by atoms with E-state index >= 15 is 0 Å². The van der Waals surface area contributed by atoms with Gasteiger partial charge in [0.15, 0.2) is 0 Å². The molecule has 11 heavy (non-hydrogen) atoms. The highest BCUT2D eigenvalue weighted by atomic mass is 16.1. The van der Waals surface area contributed by atoms with Gasteiger partial charge in [0.25, 0.3) is 0 Å². The molecule has 1 heterocycles. The fourth-order valence-electron chi connectivity index (χ4n) is 1.15. The van der Waals surface area contributed by atoms with Gasteiger partial charge in [-0.15, -0.1) is 0 Å². The number of rotatable bonds is 1. The van der Waals surface area contributed by atoms with Crippen LogP contribution in [0.3, 0.4) is 0 Å². The lowest BCUT2D eigenvalue weighted by molar-refractivity contribution is -0.116. The van der Waals surface area contributed by atoms with Gasteiger partial charge in [0, 0.05) is 13.1 Å². The fourth-order valence-corrected chi connectivity index (χ4v) is 1.15. The summed E-state index contributed by atoms with van der Waals surface area (Å²) in [5.41, 5.74) is 1.25. The largest absolute Gasteiger partial charge is 0.356 e. The molecule has 1 aliphatic rings. The average molecular weight is 154 g/mol. The maximum absolute atomic E-state index is 10.9. The number of amides is 1. The van der Waals surface area contributed by atoms with Crippen molar-refractivity contribution in [2.75, 3.05) is 20.1 Å². The fraction of sp³-hybridized carbons (Fsp3) is 0.625. The van der Waals surface area contributed by atoms with Crippen molar-refractivity contribution in [1.29, 1.82) is 0 Å². The van der Waals surface area contributed by atoms with Crippen LogP contribution in [0.1, 0.15) is 12.8 Å². The van der Waals surface area contributed by atoms with Gasteiger partial charge in [-0.25, -0.2) is 0 Å². The van der Waals surface area contributed by atoms with Gasteiger partial charge in [0.2, 0.25) is 5.91 Å². The van der Waals surface area contributed by atoms with Crippen molar-refractivity contribution < 1.29 is 4.79 Å². The number of hydrogen-bond donors (Lipinski definition) is 2. The molecule has 0 saturated carbocycles. The molecule has 0 aromatic carbocycles. The first-order valence-electron chi connectivity index (χ1n) is 3.95. The van der Waals surface area contributed by atoms with Crippen LogP contribution in [0.5, 0.6) is 0 Å². The summed E-state index contributed by atoms with van der Waals surface area (Å²) in [6.45, 7) is 2.01. The van der Waals surface area contributed by atoms with Crippen LogP contribution < -0.4 is 10.6 Å². The molecular weight excluding hydrogens is 140 g/mol. The van der Waals surface area contributed by atoms with Crippen LogP contribution in [0.2, 0.25) is 0 Å².